The molecule has 1 rings (SSSR count). The minimum absolute atomic E-state index is 0.686. The third kappa shape index (κ3) is 3.39. The molecule has 88 valence electrons. The summed E-state index contributed by atoms with van der Waals surface area (Å²) in [7, 11) is 0. The zero-order valence-electron chi connectivity index (χ0n) is 11.0. The number of benzene rings is 1. The molecule has 0 radical (unpaired) electrons. The molecule has 16 heavy (non-hydrogen) atoms. The Kier molecular flexibility index (Phi) is 4.21. The van der Waals surface area contributed by atoms with Crippen molar-refractivity contribution in [3.05, 3.63) is 41.5 Å². The van der Waals surface area contributed by atoms with Gasteiger partial charge in [-0.2, -0.15) is 0 Å². The first-order valence-corrected chi connectivity index (χ1v) is 8.68. The monoisotopic (exact) mass is 234 g/mol. The highest BCUT2D eigenvalue weighted by Gasteiger charge is 2.13. The Labute approximate surface area is 100 Å². The van der Waals surface area contributed by atoms with Crippen molar-refractivity contribution in [3.8, 4) is 0 Å². The average Bonchev–Trinajstić information content (AvgIpc) is 2.19. The standard InChI is InChI=1S/C15H23P/c1-7-14-9-8-12(2)15(11-14)10-13(3)16(4,5)6/h7-9,11,13H,1,4,10H2,2-3,5-6H3. The number of aryl methyl sites for hydroxylation is 1. The van der Waals surface area contributed by atoms with Gasteiger partial charge in [-0.25, -0.2) is 0 Å². The molecule has 0 saturated heterocycles. The van der Waals surface area contributed by atoms with Crippen LogP contribution in [0.15, 0.2) is 24.8 Å². The minimum Gasteiger partial charge on any atom is -0.115 e. The molecule has 1 aromatic rings. The number of rotatable bonds is 4. The van der Waals surface area contributed by atoms with Crippen LogP contribution in [0.3, 0.4) is 0 Å². The van der Waals surface area contributed by atoms with Crippen LogP contribution in [0.1, 0.15) is 23.6 Å². The third-order valence-corrected chi connectivity index (χ3v) is 5.89. The number of hydrogen-bond acceptors (Lipinski definition) is 0. The second kappa shape index (κ2) is 5.06. The van der Waals surface area contributed by atoms with Gasteiger partial charge in [0.2, 0.25) is 0 Å². The molecule has 1 aromatic carbocycles. The van der Waals surface area contributed by atoms with E-state index in [-0.39, 0.29) is 0 Å². The normalized spacial score (nSPS) is 13.5. The average molecular weight is 234 g/mol. The first kappa shape index (κ1) is 13.3. The fraction of sp³-hybridized carbons (Fsp3) is 0.400. The van der Waals surface area contributed by atoms with Crippen LogP contribution in [0.25, 0.3) is 6.08 Å². The van der Waals surface area contributed by atoms with Gasteiger partial charge in [0.15, 0.2) is 0 Å². The highest BCUT2D eigenvalue weighted by molar-refractivity contribution is 7.72. The molecule has 0 spiro atoms. The Hall–Kier alpha value is -0.740. The van der Waals surface area contributed by atoms with E-state index in [0.29, 0.717) is 5.66 Å². The topological polar surface area (TPSA) is 0 Å². The summed E-state index contributed by atoms with van der Waals surface area (Å²) < 4.78 is 0. The molecule has 0 aliphatic carbocycles. The van der Waals surface area contributed by atoms with Crippen molar-refractivity contribution in [1.29, 1.82) is 0 Å². The highest BCUT2D eigenvalue weighted by Crippen LogP contribution is 2.43. The maximum Gasteiger partial charge on any atom is -0.0208 e. The highest BCUT2D eigenvalue weighted by atomic mass is 31.2. The second-order valence-corrected chi connectivity index (χ2v) is 9.66. The molecule has 0 fully saturated rings. The zero-order valence-corrected chi connectivity index (χ0v) is 11.8. The van der Waals surface area contributed by atoms with E-state index in [4.69, 9.17) is 0 Å². The van der Waals surface area contributed by atoms with E-state index in [1.807, 2.05) is 6.08 Å². The van der Waals surface area contributed by atoms with Gasteiger partial charge >= 0.3 is 0 Å². The third-order valence-electron chi connectivity index (χ3n) is 3.32. The van der Waals surface area contributed by atoms with E-state index in [9.17, 15) is 0 Å². The molecule has 0 amide bonds. The summed E-state index contributed by atoms with van der Waals surface area (Å²) in [4.78, 5) is 0. The second-order valence-electron chi connectivity index (χ2n) is 5.22. The summed E-state index contributed by atoms with van der Waals surface area (Å²) in [6.45, 7) is 12.0. The van der Waals surface area contributed by atoms with Gasteiger partial charge in [-0.1, -0.05) is 37.8 Å². The van der Waals surface area contributed by atoms with Crippen LogP contribution < -0.4 is 0 Å². The Bertz CT molecular complexity index is 423. The lowest BCUT2D eigenvalue weighted by atomic mass is 10.0. The lowest BCUT2D eigenvalue weighted by molar-refractivity contribution is 0.919. The van der Waals surface area contributed by atoms with Crippen LogP contribution in [0.5, 0.6) is 0 Å². The SMILES string of the molecule is C=Cc1ccc(C)c(CC(C)P(=C)(C)C)c1. The van der Waals surface area contributed by atoms with Crippen molar-refractivity contribution in [2.24, 2.45) is 0 Å². The Morgan fingerprint density at radius 2 is 2.00 bits per heavy atom. The minimum atomic E-state index is -0.991. The largest absolute Gasteiger partial charge is 0.115 e. The molecule has 1 unspecified atom stereocenters. The van der Waals surface area contributed by atoms with Crippen LogP contribution in [0, 0.1) is 6.92 Å². The quantitative estimate of drug-likeness (QED) is 0.682. The summed E-state index contributed by atoms with van der Waals surface area (Å²) in [5.41, 5.74) is 4.73. The zero-order chi connectivity index (χ0) is 12.3. The Morgan fingerprint density at radius 3 is 2.50 bits per heavy atom. The molecule has 1 atom stereocenters. The van der Waals surface area contributed by atoms with Crippen LogP contribution in [0.2, 0.25) is 0 Å². The van der Waals surface area contributed by atoms with Gasteiger partial charge in [0.25, 0.3) is 0 Å². The molecule has 0 saturated carbocycles. The van der Waals surface area contributed by atoms with E-state index < -0.39 is 6.89 Å². The van der Waals surface area contributed by atoms with Crippen molar-refractivity contribution in [3.63, 3.8) is 0 Å². The number of hydrogen-bond donors (Lipinski definition) is 0. The fourth-order valence-electron chi connectivity index (χ4n) is 1.60. The summed E-state index contributed by atoms with van der Waals surface area (Å²) in [5, 5.41) is 0. The van der Waals surface area contributed by atoms with Gasteiger partial charge in [0.05, 0.1) is 0 Å². The van der Waals surface area contributed by atoms with Crippen LogP contribution >= 0.6 is 6.89 Å². The van der Waals surface area contributed by atoms with Crippen LogP contribution in [-0.2, 0) is 6.42 Å². The molecule has 0 aliphatic rings. The van der Waals surface area contributed by atoms with Crippen LogP contribution in [0.4, 0.5) is 0 Å². The lowest BCUT2D eigenvalue weighted by Gasteiger charge is -2.23. The van der Waals surface area contributed by atoms with E-state index in [1.165, 1.54) is 16.7 Å². The van der Waals surface area contributed by atoms with Gasteiger partial charge in [-0.15, -0.1) is 13.2 Å². The van der Waals surface area contributed by atoms with Crippen molar-refractivity contribution in [2.45, 2.75) is 25.9 Å². The molecular weight excluding hydrogens is 211 g/mol. The van der Waals surface area contributed by atoms with E-state index in [1.54, 1.807) is 0 Å². The molecule has 0 N–H and O–H groups in total. The van der Waals surface area contributed by atoms with E-state index in [2.05, 4.69) is 58.3 Å². The smallest absolute Gasteiger partial charge is 0.0208 e. The molecule has 0 bridgehead atoms. The van der Waals surface area contributed by atoms with Crippen molar-refractivity contribution in [1.82, 2.24) is 0 Å². The van der Waals surface area contributed by atoms with Crippen molar-refractivity contribution in [2.75, 3.05) is 13.3 Å². The van der Waals surface area contributed by atoms with E-state index in [0.717, 1.165) is 6.42 Å². The Morgan fingerprint density at radius 1 is 1.38 bits per heavy atom. The molecular formula is C15H23P. The van der Waals surface area contributed by atoms with Crippen molar-refractivity contribution < 1.29 is 0 Å². The maximum atomic E-state index is 4.33. The molecule has 0 nitrogen and oxygen atoms in total. The first-order chi connectivity index (χ1) is 7.34. The summed E-state index contributed by atoms with van der Waals surface area (Å²) in [6.07, 6.45) is 7.38. The molecule has 1 heteroatoms. The van der Waals surface area contributed by atoms with Gasteiger partial charge in [0, 0.05) is 0 Å². The summed E-state index contributed by atoms with van der Waals surface area (Å²) in [5.74, 6) is 0. The lowest BCUT2D eigenvalue weighted by Crippen LogP contribution is -2.07. The first-order valence-electron chi connectivity index (χ1n) is 5.74. The van der Waals surface area contributed by atoms with Gasteiger partial charge < -0.3 is 0 Å². The van der Waals surface area contributed by atoms with Gasteiger partial charge in [-0.3, -0.25) is 0 Å². The predicted molar refractivity (Wildman–Crippen MR) is 80.3 cm³/mol. The molecule has 0 heterocycles. The molecule has 0 aromatic heterocycles. The fourth-order valence-corrected chi connectivity index (χ4v) is 2.29. The van der Waals surface area contributed by atoms with Gasteiger partial charge in [0.1, 0.15) is 0 Å². The van der Waals surface area contributed by atoms with E-state index >= 15 is 0 Å². The Balaban J connectivity index is 2.96. The van der Waals surface area contributed by atoms with Crippen LogP contribution in [-0.4, -0.2) is 25.3 Å². The summed E-state index contributed by atoms with van der Waals surface area (Å²) >= 11 is 0. The maximum absolute atomic E-state index is 4.33. The molecule has 0 aliphatic heterocycles. The van der Waals surface area contributed by atoms with Crippen molar-refractivity contribution >= 4 is 19.3 Å². The van der Waals surface area contributed by atoms with Gasteiger partial charge in [-0.05, 0) is 49.0 Å². The predicted octanol–water partition coefficient (Wildman–Crippen LogP) is 4.28. The summed E-state index contributed by atoms with van der Waals surface area (Å²) in [6, 6.07) is 6.57.